The lowest BCUT2D eigenvalue weighted by Gasteiger charge is -2.17. The Hall–Kier alpha value is -0.340. The van der Waals surface area contributed by atoms with Gasteiger partial charge in [-0.2, -0.15) is 0 Å². The molecule has 0 aliphatic heterocycles. The van der Waals surface area contributed by atoms with E-state index in [0.29, 0.717) is 12.0 Å². The molecule has 0 saturated heterocycles. The van der Waals surface area contributed by atoms with E-state index in [-0.39, 0.29) is 0 Å². The Morgan fingerprint density at radius 3 is 2.57 bits per heavy atom. The number of hydrogen-bond donors (Lipinski definition) is 1. The van der Waals surface area contributed by atoms with Gasteiger partial charge in [-0.15, -0.1) is 6.58 Å². The van der Waals surface area contributed by atoms with Crippen LogP contribution < -0.4 is 5.32 Å². The van der Waals surface area contributed by atoms with E-state index in [0.717, 1.165) is 32.5 Å². The average Bonchev–Trinajstić information content (AvgIpc) is 2.15. The molecule has 2 heteroatoms. The Balaban J connectivity index is 3.42. The molecule has 1 atom stereocenters. The van der Waals surface area contributed by atoms with Crippen molar-refractivity contribution in [3.05, 3.63) is 12.7 Å². The van der Waals surface area contributed by atoms with Gasteiger partial charge in [0.05, 0.1) is 12.7 Å². The summed E-state index contributed by atoms with van der Waals surface area (Å²) in [5, 5.41) is 3.41. The summed E-state index contributed by atoms with van der Waals surface area (Å²) in [6, 6.07) is 0. The minimum absolute atomic E-state index is 0.355. The summed E-state index contributed by atoms with van der Waals surface area (Å²) in [5.41, 5.74) is 0. The van der Waals surface area contributed by atoms with Crippen LogP contribution in [0.1, 0.15) is 33.6 Å². The van der Waals surface area contributed by atoms with Gasteiger partial charge >= 0.3 is 0 Å². The van der Waals surface area contributed by atoms with Crippen LogP contribution in [0.2, 0.25) is 0 Å². The number of hydrogen-bond acceptors (Lipinski definition) is 2. The fraction of sp³-hybridized carbons (Fsp3) is 0.833. The highest BCUT2D eigenvalue weighted by Crippen LogP contribution is 1.98. The fourth-order valence-corrected chi connectivity index (χ4v) is 1.17. The van der Waals surface area contributed by atoms with Crippen molar-refractivity contribution in [3.63, 3.8) is 0 Å². The van der Waals surface area contributed by atoms with Crippen LogP contribution >= 0.6 is 0 Å². The van der Waals surface area contributed by atoms with Crippen LogP contribution in [0.25, 0.3) is 0 Å². The lowest BCUT2D eigenvalue weighted by Crippen LogP contribution is -2.31. The maximum Gasteiger partial charge on any atom is 0.0696 e. The summed E-state index contributed by atoms with van der Waals surface area (Å²) < 4.78 is 5.68. The third-order valence-electron chi connectivity index (χ3n) is 2.06. The average molecular weight is 199 g/mol. The standard InChI is InChI=1S/C12H25NO/c1-5-7-8-14-12(6-2)10-13-9-11(3)4/h5,11-13H,1,6-10H2,2-4H3. The summed E-state index contributed by atoms with van der Waals surface area (Å²) in [5.74, 6) is 0.709. The summed E-state index contributed by atoms with van der Waals surface area (Å²) in [7, 11) is 0. The smallest absolute Gasteiger partial charge is 0.0696 e. The summed E-state index contributed by atoms with van der Waals surface area (Å²) >= 11 is 0. The highest BCUT2D eigenvalue weighted by molar-refractivity contribution is 4.67. The fourth-order valence-electron chi connectivity index (χ4n) is 1.17. The first kappa shape index (κ1) is 13.7. The molecule has 0 aromatic rings. The van der Waals surface area contributed by atoms with Gasteiger partial charge in [0.25, 0.3) is 0 Å². The minimum Gasteiger partial charge on any atom is -0.377 e. The predicted molar refractivity (Wildman–Crippen MR) is 62.6 cm³/mol. The molecule has 1 unspecified atom stereocenters. The zero-order chi connectivity index (χ0) is 10.8. The maximum absolute atomic E-state index is 5.68. The second-order valence-corrected chi connectivity index (χ2v) is 4.03. The van der Waals surface area contributed by atoms with Gasteiger partial charge in [-0.3, -0.25) is 0 Å². The van der Waals surface area contributed by atoms with Crippen LogP contribution in [0.4, 0.5) is 0 Å². The molecule has 0 aliphatic rings. The zero-order valence-electron chi connectivity index (χ0n) is 9.88. The van der Waals surface area contributed by atoms with E-state index < -0.39 is 0 Å². The lowest BCUT2D eigenvalue weighted by molar-refractivity contribution is 0.0536. The van der Waals surface area contributed by atoms with Gasteiger partial charge in [-0.25, -0.2) is 0 Å². The first-order chi connectivity index (χ1) is 6.70. The molecular formula is C12H25NO. The minimum atomic E-state index is 0.355. The largest absolute Gasteiger partial charge is 0.377 e. The molecule has 0 rings (SSSR count). The SMILES string of the molecule is C=CCCOC(CC)CNCC(C)C. The molecular weight excluding hydrogens is 174 g/mol. The van der Waals surface area contributed by atoms with Crippen LogP contribution in [0.3, 0.4) is 0 Å². The molecule has 0 aromatic heterocycles. The highest BCUT2D eigenvalue weighted by atomic mass is 16.5. The monoisotopic (exact) mass is 199 g/mol. The highest BCUT2D eigenvalue weighted by Gasteiger charge is 2.05. The van der Waals surface area contributed by atoms with Crippen LogP contribution in [0.5, 0.6) is 0 Å². The lowest BCUT2D eigenvalue weighted by atomic mass is 10.2. The van der Waals surface area contributed by atoms with Crippen LogP contribution in [0, 0.1) is 5.92 Å². The molecule has 0 fully saturated rings. The Morgan fingerprint density at radius 2 is 2.07 bits per heavy atom. The predicted octanol–water partition coefficient (Wildman–Crippen LogP) is 2.60. The topological polar surface area (TPSA) is 21.3 Å². The summed E-state index contributed by atoms with van der Waals surface area (Å²) in [6.45, 7) is 13.1. The molecule has 0 radical (unpaired) electrons. The molecule has 0 aromatic carbocycles. The summed E-state index contributed by atoms with van der Waals surface area (Å²) in [6.07, 6.45) is 4.27. The molecule has 1 N–H and O–H groups in total. The van der Waals surface area contributed by atoms with Gasteiger partial charge in [0.1, 0.15) is 0 Å². The molecule has 0 bridgehead atoms. The van der Waals surface area contributed by atoms with Crippen LogP contribution in [-0.2, 0) is 4.74 Å². The van der Waals surface area contributed by atoms with Crippen molar-refractivity contribution in [3.8, 4) is 0 Å². The van der Waals surface area contributed by atoms with Crippen LogP contribution in [-0.4, -0.2) is 25.8 Å². The number of ether oxygens (including phenoxy) is 1. The van der Waals surface area contributed by atoms with E-state index >= 15 is 0 Å². The van der Waals surface area contributed by atoms with E-state index in [4.69, 9.17) is 4.74 Å². The Kier molecular flexibility index (Phi) is 9.00. The molecule has 14 heavy (non-hydrogen) atoms. The van der Waals surface area contributed by atoms with Crippen molar-refractivity contribution in [2.24, 2.45) is 5.92 Å². The van der Waals surface area contributed by atoms with Gasteiger partial charge in [0.15, 0.2) is 0 Å². The second kappa shape index (κ2) is 9.22. The summed E-state index contributed by atoms with van der Waals surface area (Å²) in [4.78, 5) is 0. The zero-order valence-corrected chi connectivity index (χ0v) is 9.88. The van der Waals surface area contributed by atoms with E-state index in [9.17, 15) is 0 Å². The van der Waals surface area contributed by atoms with E-state index in [2.05, 4.69) is 32.7 Å². The van der Waals surface area contributed by atoms with Gasteiger partial charge < -0.3 is 10.1 Å². The van der Waals surface area contributed by atoms with Crippen LogP contribution in [0.15, 0.2) is 12.7 Å². The van der Waals surface area contributed by atoms with E-state index in [1.807, 2.05) is 6.08 Å². The molecule has 0 aliphatic carbocycles. The third kappa shape index (κ3) is 8.27. The molecule has 0 saturated carbocycles. The molecule has 84 valence electrons. The van der Waals surface area contributed by atoms with Gasteiger partial charge in [-0.1, -0.05) is 26.8 Å². The number of nitrogens with one attached hydrogen (secondary N) is 1. The Labute approximate surface area is 88.7 Å². The Bertz CT molecular complexity index is 134. The first-order valence-electron chi connectivity index (χ1n) is 5.63. The quantitative estimate of drug-likeness (QED) is 0.455. The third-order valence-corrected chi connectivity index (χ3v) is 2.06. The van der Waals surface area contributed by atoms with Crippen molar-refractivity contribution in [2.45, 2.75) is 39.7 Å². The maximum atomic E-state index is 5.68. The van der Waals surface area contributed by atoms with Crippen molar-refractivity contribution >= 4 is 0 Å². The molecule has 0 spiro atoms. The van der Waals surface area contributed by atoms with Gasteiger partial charge in [0, 0.05) is 6.54 Å². The van der Waals surface area contributed by atoms with Gasteiger partial charge in [0.2, 0.25) is 0 Å². The van der Waals surface area contributed by atoms with Gasteiger partial charge in [-0.05, 0) is 25.3 Å². The van der Waals surface area contributed by atoms with Crippen molar-refractivity contribution in [1.29, 1.82) is 0 Å². The number of rotatable bonds is 9. The Morgan fingerprint density at radius 1 is 1.36 bits per heavy atom. The molecule has 0 amide bonds. The normalized spacial score (nSPS) is 13.1. The van der Waals surface area contributed by atoms with Crippen molar-refractivity contribution in [1.82, 2.24) is 5.32 Å². The van der Waals surface area contributed by atoms with Crippen molar-refractivity contribution < 1.29 is 4.74 Å². The molecule has 2 nitrogen and oxygen atoms in total. The second-order valence-electron chi connectivity index (χ2n) is 4.03. The van der Waals surface area contributed by atoms with E-state index in [1.54, 1.807) is 0 Å². The molecule has 0 heterocycles. The van der Waals surface area contributed by atoms with Crippen molar-refractivity contribution in [2.75, 3.05) is 19.7 Å². The first-order valence-corrected chi connectivity index (χ1v) is 5.63. The van der Waals surface area contributed by atoms with E-state index in [1.165, 1.54) is 0 Å².